The van der Waals surface area contributed by atoms with Gasteiger partial charge in [0.15, 0.2) is 0 Å². The molecule has 170 valence electrons. The van der Waals surface area contributed by atoms with Crippen LogP contribution in [0.4, 0.5) is 0 Å². The van der Waals surface area contributed by atoms with E-state index < -0.39 is 0 Å². The molecule has 0 aliphatic carbocycles. The summed E-state index contributed by atoms with van der Waals surface area (Å²) in [4.78, 5) is 32.5. The van der Waals surface area contributed by atoms with Crippen molar-refractivity contribution >= 4 is 51.2 Å². The first kappa shape index (κ1) is 22.2. The number of halogens is 1. The van der Waals surface area contributed by atoms with Crippen molar-refractivity contribution in [2.24, 2.45) is 5.92 Å². The van der Waals surface area contributed by atoms with E-state index in [-0.39, 0.29) is 11.8 Å². The van der Waals surface area contributed by atoms with E-state index >= 15 is 0 Å². The van der Waals surface area contributed by atoms with E-state index in [1.54, 1.807) is 6.20 Å². The molecule has 2 aliphatic heterocycles. The van der Waals surface area contributed by atoms with Crippen molar-refractivity contribution in [2.75, 3.05) is 19.6 Å². The number of imidazole rings is 1. The largest absolute Gasteiger partial charge is 0.352 e. The second kappa shape index (κ2) is 9.73. The first-order chi connectivity index (χ1) is 16.1. The van der Waals surface area contributed by atoms with Crippen molar-refractivity contribution in [1.82, 2.24) is 19.6 Å². The van der Waals surface area contributed by atoms with Gasteiger partial charge >= 0.3 is 0 Å². The van der Waals surface area contributed by atoms with Crippen LogP contribution in [0.25, 0.3) is 11.7 Å². The van der Waals surface area contributed by atoms with E-state index in [4.69, 9.17) is 0 Å². The molecule has 33 heavy (non-hydrogen) atoms. The predicted molar refractivity (Wildman–Crippen MR) is 134 cm³/mol. The zero-order valence-electron chi connectivity index (χ0n) is 18.2. The molecule has 0 bridgehead atoms. The summed E-state index contributed by atoms with van der Waals surface area (Å²) in [5.41, 5.74) is 2.57. The number of thioether (sulfide) groups is 1. The summed E-state index contributed by atoms with van der Waals surface area (Å²) in [6.45, 7) is 2.25. The van der Waals surface area contributed by atoms with Gasteiger partial charge in [-0.05, 0) is 77.9 Å². The van der Waals surface area contributed by atoms with Crippen LogP contribution >= 0.6 is 27.7 Å². The lowest BCUT2D eigenvalue weighted by atomic mass is 9.92. The molecule has 0 saturated carbocycles. The average Bonchev–Trinajstić information content (AvgIpc) is 3.26. The fourth-order valence-electron chi connectivity index (χ4n) is 4.51. The molecular weight excluding hydrogens is 500 g/mol. The molecule has 2 aliphatic rings. The monoisotopic (exact) mass is 524 g/mol. The standard InChI is InChI=1S/C25H25BrN4O2S/c26-20-7-2-1-6-19(20)25(32)29-13-10-17(11-14-29)5-4-12-27-24(31)21-15-18-16-28-22-8-3-9-23(33-21)30(18)22/h1-3,6-9,15-17H,4-5,10-14H2,(H,27,31). The van der Waals surface area contributed by atoms with Gasteiger partial charge in [0.05, 0.1) is 27.4 Å². The van der Waals surface area contributed by atoms with Crippen LogP contribution in [0.1, 0.15) is 41.7 Å². The summed E-state index contributed by atoms with van der Waals surface area (Å²) in [6, 6.07) is 13.5. The Morgan fingerprint density at radius 2 is 1.94 bits per heavy atom. The molecule has 2 amide bonds. The summed E-state index contributed by atoms with van der Waals surface area (Å²) >= 11 is 4.96. The maximum atomic E-state index is 12.8. The Kier molecular flexibility index (Phi) is 6.55. The van der Waals surface area contributed by atoms with Gasteiger partial charge in [-0.1, -0.05) is 30.0 Å². The lowest BCUT2D eigenvalue weighted by molar-refractivity contribution is -0.116. The number of aromatic nitrogens is 2. The van der Waals surface area contributed by atoms with Gasteiger partial charge in [-0.15, -0.1) is 0 Å². The summed E-state index contributed by atoms with van der Waals surface area (Å²) < 4.78 is 2.91. The molecule has 0 spiro atoms. The van der Waals surface area contributed by atoms with Gasteiger partial charge in [0.1, 0.15) is 5.65 Å². The van der Waals surface area contributed by atoms with Crippen LogP contribution in [0.3, 0.4) is 0 Å². The number of likely N-dealkylation sites (tertiary alicyclic amines) is 1. The molecule has 2 aromatic heterocycles. The lowest BCUT2D eigenvalue weighted by Gasteiger charge is -2.32. The Balaban J connectivity index is 1.06. The molecule has 1 fully saturated rings. The van der Waals surface area contributed by atoms with E-state index in [2.05, 4.69) is 30.6 Å². The molecule has 6 nitrogen and oxygen atoms in total. The first-order valence-electron chi connectivity index (χ1n) is 11.3. The van der Waals surface area contributed by atoms with Gasteiger partial charge in [0, 0.05) is 24.1 Å². The van der Waals surface area contributed by atoms with Gasteiger partial charge in [-0.25, -0.2) is 4.98 Å². The average molecular weight is 525 g/mol. The van der Waals surface area contributed by atoms with Crippen LogP contribution in [-0.2, 0) is 4.79 Å². The van der Waals surface area contributed by atoms with Crippen LogP contribution < -0.4 is 5.32 Å². The molecule has 4 heterocycles. The Morgan fingerprint density at radius 1 is 1.12 bits per heavy atom. The number of hydrogen-bond acceptors (Lipinski definition) is 4. The molecule has 0 radical (unpaired) electrons. The number of piperidine rings is 1. The molecule has 1 N–H and O–H groups in total. The number of pyridine rings is 1. The second-order valence-electron chi connectivity index (χ2n) is 8.46. The van der Waals surface area contributed by atoms with Gasteiger partial charge in [-0.2, -0.15) is 0 Å². The van der Waals surface area contributed by atoms with E-state index in [0.29, 0.717) is 17.4 Å². The van der Waals surface area contributed by atoms with Crippen LogP contribution in [0, 0.1) is 5.92 Å². The maximum Gasteiger partial charge on any atom is 0.258 e. The van der Waals surface area contributed by atoms with Gasteiger partial charge < -0.3 is 10.2 Å². The quantitative estimate of drug-likeness (QED) is 0.461. The minimum absolute atomic E-state index is 0.0293. The van der Waals surface area contributed by atoms with Crippen molar-refractivity contribution in [3.63, 3.8) is 0 Å². The highest BCUT2D eigenvalue weighted by Crippen LogP contribution is 2.34. The number of hydrogen-bond donors (Lipinski definition) is 1. The van der Waals surface area contributed by atoms with Crippen molar-refractivity contribution in [1.29, 1.82) is 0 Å². The normalized spacial score (nSPS) is 16.0. The smallest absolute Gasteiger partial charge is 0.258 e. The Bertz CT molecular complexity index is 1230. The van der Waals surface area contributed by atoms with E-state index in [1.165, 1.54) is 11.8 Å². The fourth-order valence-corrected chi connectivity index (χ4v) is 5.97. The van der Waals surface area contributed by atoms with Crippen molar-refractivity contribution in [3.8, 4) is 0 Å². The topological polar surface area (TPSA) is 66.7 Å². The highest BCUT2D eigenvalue weighted by Gasteiger charge is 2.25. The molecule has 3 aromatic rings. The number of carbonyl (C=O) groups excluding carboxylic acids is 2. The molecule has 8 heteroatoms. The number of nitrogens with one attached hydrogen (secondary N) is 1. The summed E-state index contributed by atoms with van der Waals surface area (Å²) in [7, 11) is 0. The third kappa shape index (κ3) is 4.73. The third-order valence-electron chi connectivity index (χ3n) is 6.32. The lowest BCUT2D eigenvalue weighted by Crippen LogP contribution is -2.38. The van der Waals surface area contributed by atoms with Crippen molar-refractivity contribution in [2.45, 2.75) is 30.7 Å². The van der Waals surface area contributed by atoms with E-state index in [0.717, 1.165) is 65.2 Å². The molecule has 0 unspecified atom stereocenters. The highest BCUT2D eigenvalue weighted by molar-refractivity contribution is 9.10. The highest BCUT2D eigenvalue weighted by atomic mass is 79.9. The number of amides is 2. The van der Waals surface area contributed by atoms with E-state index in [1.807, 2.05) is 53.4 Å². The molecule has 1 aromatic carbocycles. The van der Waals surface area contributed by atoms with Crippen LogP contribution in [-0.4, -0.2) is 45.7 Å². The van der Waals surface area contributed by atoms with Crippen LogP contribution in [0.5, 0.6) is 0 Å². The maximum absolute atomic E-state index is 12.8. The van der Waals surface area contributed by atoms with Crippen molar-refractivity contribution in [3.05, 3.63) is 69.3 Å². The van der Waals surface area contributed by atoms with Crippen LogP contribution in [0.15, 0.2) is 63.1 Å². The number of nitrogens with zero attached hydrogens (tertiary/aromatic N) is 3. The first-order valence-corrected chi connectivity index (χ1v) is 12.9. The zero-order valence-corrected chi connectivity index (χ0v) is 20.6. The minimum atomic E-state index is -0.0293. The number of rotatable bonds is 6. The Hall–Kier alpha value is -2.58. The van der Waals surface area contributed by atoms with Crippen LogP contribution in [0.2, 0.25) is 0 Å². The minimum Gasteiger partial charge on any atom is -0.352 e. The second-order valence-corrected chi connectivity index (χ2v) is 10.4. The Morgan fingerprint density at radius 3 is 2.76 bits per heavy atom. The number of benzene rings is 1. The summed E-state index contributed by atoms with van der Waals surface area (Å²) in [6.07, 6.45) is 7.75. The summed E-state index contributed by atoms with van der Waals surface area (Å²) in [5, 5.41) is 4.08. The molecule has 0 atom stereocenters. The van der Waals surface area contributed by atoms with Crippen molar-refractivity contribution < 1.29 is 9.59 Å². The van der Waals surface area contributed by atoms with E-state index in [9.17, 15) is 9.59 Å². The Labute approximate surface area is 205 Å². The molecule has 5 rings (SSSR count). The molecule has 1 saturated heterocycles. The van der Waals surface area contributed by atoms with Gasteiger partial charge in [-0.3, -0.25) is 14.0 Å². The third-order valence-corrected chi connectivity index (χ3v) is 8.06. The van der Waals surface area contributed by atoms with Gasteiger partial charge in [0.2, 0.25) is 0 Å². The summed E-state index contributed by atoms with van der Waals surface area (Å²) in [5.74, 6) is 0.669. The zero-order chi connectivity index (χ0) is 22.8. The fraction of sp³-hybridized carbons (Fsp3) is 0.320. The molecular formula is C25H25BrN4O2S. The SMILES string of the molecule is O=C(NCCCC1CCN(C(=O)c2ccccc2Br)CC1)C1=Cc2cnc3cccc(n23)S1. The van der Waals surface area contributed by atoms with Gasteiger partial charge in [0.25, 0.3) is 11.8 Å². The number of carbonyl (C=O) groups is 2. The predicted octanol–water partition coefficient (Wildman–Crippen LogP) is 4.99.